The largest absolute Gasteiger partial charge is 0.508 e. The minimum atomic E-state index is -1.18. The fourth-order valence-electron chi connectivity index (χ4n) is 4.56. The Kier molecular flexibility index (Phi) is 11.4. The SMILES string of the molecule is CCCCN(C(=O)C(Cc1ccc(O)cc1)NC(=O)OC(C)(C)C)C(C(=O)Nc1c(C)cccc1Cl)c1cccc(O)c1. The average Bonchev–Trinajstić information content (AvgIpc) is 2.92. The summed E-state index contributed by atoms with van der Waals surface area (Å²) in [5.74, 6) is -1.06. The van der Waals surface area contributed by atoms with E-state index >= 15 is 0 Å². The molecule has 2 unspecified atom stereocenters. The summed E-state index contributed by atoms with van der Waals surface area (Å²) in [6.45, 7) is 9.11. The van der Waals surface area contributed by atoms with Gasteiger partial charge >= 0.3 is 6.09 Å². The van der Waals surface area contributed by atoms with E-state index in [-0.39, 0.29) is 24.5 Å². The van der Waals surface area contributed by atoms with E-state index in [1.165, 1.54) is 29.2 Å². The van der Waals surface area contributed by atoms with Crippen LogP contribution in [-0.4, -0.2) is 51.2 Å². The number of aromatic hydroxyl groups is 2. The maximum atomic E-state index is 14.4. The molecule has 3 rings (SSSR count). The van der Waals surface area contributed by atoms with Gasteiger partial charge in [0.05, 0.1) is 10.7 Å². The van der Waals surface area contributed by atoms with E-state index in [0.717, 1.165) is 12.0 Å². The Morgan fingerprint density at radius 3 is 2.26 bits per heavy atom. The Morgan fingerprint density at radius 1 is 0.977 bits per heavy atom. The minimum absolute atomic E-state index is 0.0618. The molecule has 0 fully saturated rings. The molecule has 9 nitrogen and oxygen atoms in total. The second-order valence-corrected chi connectivity index (χ2v) is 11.8. The van der Waals surface area contributed by atoms with Crippen LogP contribution in [0.15, 0.2) is 66.7 Å². The number of phenols is 2. The quantitative estimate of drug-likeness (QED) is 0.196. The normalized spacial score (nSPS) is 12.6. The van der Waals surface area contributed by atoms with Gasteiger partial charge in [-0.2, -0.15) is 0 Å². The monoisotopic (exact) mass is 609 g/mol. The summed E-state index contributed by atoms with van der Waals surface area (Å²) in [6.07, 6.45) is 0.575. The zero-order chi connectivity index (χ0) is 31.7. The Balaban J connectivity index is 2.09. The first-order valence-corrected chi connectivity index (χ1v) is 14.6. The highest BCUT2D eigenvalue weighted by atomic mass is 35.5. The highest BCUT2D eigenvalue weighted by Crippen LogP contribution is 2.31. The van der Waals surface area contributed by atoms with Crippen molar-refractivity contribution in [2.75, 3.05) is 11.9 Å². The van der Waals surface area contributed by atoms with Crippen LogP contribution in [0.4, 0.5) is 10.5 Å². The molecule has 0 aromatic heterocycles. The standard InChI is InChI=1S/C33H40ClN3O6/c1-6-7-18-37(31(41)27(35-32(42)43-33(3,4)5)19-22-14-16-24(38)17-15-22)29(23-11-9-12-25(39)20-23)30(40)36-28-21(2)10-8-13-26(28)34/h8-17,20,27,29,38-39H,6-7,18-19H2,1-5H3,(H,35,42)(H,36,40). The third-order valence-electron chi connectivity index (χ3n) is 6.62. The molecule has 0 heterocycles. The molecule has 43 heavy (non-hydrogen) atoms. The van der Waals surface area contributed by atoms with Gasteiger partial charge in [-0.1, -0.05) is 61.3 Å². The molecule has 0 aliphatic rings. The second-order valence-electron chi connectivity index (χ2n) is 11.4. The van der Waals surface area contributed by atoms with Crippen molar-refractivity contribution < 1.29 is 29.3 Å². The van der Waals surface area contributed by atoms with Gasteiger partial charge in [0.2, 0.25) is 5.91 Å². The molecule has 0 aliphatic carbocycles. The van der Waals surface area contributed by atoms with Gasteiger partial charge in [-0.3, -0.25) is 9.59 Å². The van der Waals surface area contributed by atoms with E-state index in [1.807, 2.05) is 19.9 Å². The van der Waals surface area contributed by atoms with Gasteiger partial charge in [0.1, 0.15) is 29.2 Å². The fourth-order valence-corrected chi connectivity index (χ4v) is 4.83. The molecule has 3 aromatic rings. The van der Waals surface area contributed by atoms with Crippen molar-refractivity contribution in [3.63, 3.8) is 0 Å². The third kappa shape index (κ3) is 9.64. The zero-order valence-electron chi connectivity index (χ0n) is 25.2. The van der Waals surface area contributed by atoms with Crippen LogP contribution in [-0.2, 0) is 20.7 Å². The Hall–Kier alpha value is -4.24. The number of unbranched alkanes of at least 4 members (excludes halogenated alkanes) is 1. The number of nitrogens with zero attached hydrogens (tertiary/aromatic N) is 1. The lowest BCUT2D eigenvalue weighted by molar-refractivity contribution is -0.140. The maximum Gasteiger partial charge on any atom is 0.408 e. The first-order valence-electron chi connectivity index (χ1n) is 14.2. The molecule has 0 saturated carbocycles. The van der Waals surface area contributed by atoms with Crippen LogP contribution in [0.2, 0.25) is 5.02 Å². The van der Waals surface area contributed by atoms with Gasteiger partial charge < -0.3 is 30.5 Å². The second kappa shape index (κ2) is 14.8. The first kappa shape index (κ1) is 33.3. The summed E-state index contributed by atoms with van der Waals surface area (Å²) in [7, 11) is 0. The van der Waals surface area contributed by atoms with Gasteiger partial charge in [0.15, 0.2) is 0 Å². The van der Waals surface area contributed by atoms with E-state index in [1.54, 1.807) is 57.2 Å². The number of hydrogen-bond acceptors (Lipinski definition) is 6. The van der Waals surface area contributed by atoms with Crippen LogP contribution in [0, 0.1) is 6.92 Å². The Labute approximate surface area is 257 Å². The van der Waals surface area contributed by atoms with E-state index in [4.69, 9.17) is 16.3 Å². The summed E-state index contributed by atoms with van der Waals surface area (Å²) in [6, 6.07) is 15.4. The number of ether oxygens (including phenoxy) is 1. The van der Waals surface area contributed by atoms with Gasteiger partial charge in [-0.05, 0) is 81.1 Å². The predicted octanol–water partition coefficient (Wildman–Crippen LogP) is 6.50. The number of carbonyl (C=O) groups is 3. The summed E-state index contributed by atoms with van der Waals surface area (Å²) in [4.78, 5) is 42.9. The number of rotatable bonds is 11. The number of alkyl carbamates (subject to hydrolysis) is 1. The van der Waals surface area contributed by atoms with Gasteiger partial charge in [-0.25, -0.2) is 4.79 Å². The van der Waals surface area contributed by atoms with Crippen molar-refractivity contribution in [2.24, 2.45) is 0 Å². The molecular weight excluding hydrogens is 570 g/mol. The van der Waals surface area contributed by atoms with E-state index in [2.05, 4.69) is 10.6 Å². The summed E-state index contributed by atoms with van der Waals surface area (Å²) in [5.41, 5.74) is 1.39. The van der Waals surface area contributed by atoms with Gasteiger partial charge in [0.25, 0.3) is 5.91 Å². The fraction of sp³-hybridized carbons (Fsp3) is 0.364. The third-order valence-corrected chi connectivity index (χ3v) is 6.93. The predicted molar refractivity (Wildman–Crippen MR) is 167 cm³/mol. The smallest absolute Gasteiger partial charge is 0.408 e. The first-order chi connectivity index (χ1) is 20.3. The lowest BCUT2D eigenvalue weighted by Crippen LogP contribution is -2.53. The molecule has 0 aliphatic heterocycles. The Bertz CT molecular complexity index is 1400. The molecule has 0 spiro atoms. The van der Waals surface area contributed by atoms with Crippen LogP contribution < -0.4 is 10.6 Å². The average molecular weight is 610 g/mol. The summed E-state index contributed by atoms with van der Waals surface area (Å²) in [5, 5.41) is 26.0. The van der Waals surface area contributed by atoms with Crippen molar-refractivity contribution in [3.8, 4) is 11.5 Å². The Morgan fingerprint density at radius 2 is 1.65 bits per heavy atom. The van der Waals surface area contributed by atoms with Crippen LogP contribution in [0.25, 0.3) is 0 Å². The minimum Gasteiger partial charge on any atom is -0.508 e. The van der Waals surface area contributed by atoms with Crippen molar-refractivity contribution in [1.29, 1.82) is 0 Å². The van der Waals surface area contributed by atoms with Crippen LogP contribution in [0.3, 0.4) is 0 Å². The molecule has 0 saturated heterocycles. The zero-order valence-corrected chi connectivity index (χ0v) is 25.9. The highest BCUT2D eigenvalue weighted by molar-refractivity contribution is 6.34. The molecule has 3 amide bonds. The number of amides is 3. The van der Waals surface area contributed by atoms with Crippen molar-refractivity contribution >= 4 is 35.2 Å². The topological polar surface area (TPSA) is 128 Å². The number of hydrogen-bond donors (Lipinski definition) is 4. The molecule has 2 atom stereocenters. The molecule has 4 N–H and O–H groups in total. The van der Waals surface area contributed by atoms with Crippen LogP contribution in [0.5, 0.6) is 11.5 Å². The number of carbonyl (C=O) groups excluding carboxylic acids is 3. The van der Waals surface area contributed by atoms with E-state index in [0.29, 0.717) is 28.3 Å². The van der Waals surface area contributed by atoms with E-state index < -0.39 is 35.6 Å². The maximum absolute atomic E-state index is 14.4. The van der Waals surface area contributed by atoms with Crippen LogP contribution in [0.1, 0.15) is 63.3 Å². The molecule has 10 heteroatoms. The van der Waals surface area contributed by atoms with Gasteiger partial charge in [0, 0.05) is 13.0 Å². The molecule has 230 valence electrons. The molecule has 3 aromatic carbocycles. The number of benzene rings is 3. The lowest BCUT2D eigenvalue weighted by atomic mass is 9.99. The lowest BCUT2D eigenvalue weighted by Gasteiger charge is -2.35. The molecule has 0 bridgehead atoms. The summed E-state index contributed by atoms with van der Waals surface area (Å²) < 4.78 is 5.46. The number of phenolic OH excluding ortho intramolecular Hbond substituents is 2. The molecule has 0 radical (unpaired) electrons. The number of nitrogens with one attached hydrogen (secondary N) is 2. The van der Waals surface area contributed by atoms with Crippen LogP contribution >= 0.6 is 11.6 Å². The van der Waals surface area contributed by atoms with E-state index in [9.17, 15) is 24.6 Å². The van der Waals surface area contributed by atoms with Crippen molar-refractivity contribution in [1.82, 2.24) is 10.2 Å². The number of para-hydroxylation sites is 1. The number of aryl methyl sites for hydroxylation is 1. The number of halogens is 1. The molecular formula is C33H40ClN3O6. The summed E-state index contributed by atoms with van der Waals surface area (Å²) >= 11 is 6.42. The number of anilines is 1. The van der Waals surface area contributed by atoms with Gasteiger partial charge in [-0.15, -0.1) is 0 Å². The van der Waals surface area contributed by atoms with Crippen molar-refractivity contribution in [2.45, 2.75) is 71.6 Å². The highest BCUT2D eigenvalue weighted by Gasteiger charge is 2.36. The van der Waals surface area contributed by atoms with Crippen molar-refractivity contribution in [3.05, 3.63) is 88.4 Å².